The van der Waals surface area contributed by atoms with Gasteiger partial charge in [-0.2, -0.15) is 57.7 Å². The van der Waals surface area contributed by atoms with Crippen LogP contribution < -0.4 is 0 Å². The Balaban J connectivity index is 0.000000254. The summed E-state index contributed by atoms with van der Waals surface area (Å²) in [5.74, 6) is 1.86. The zero-order chi connectivity index (χ0) is 51.2. The van der Waals surface area contributed by atoms with E-state index < -0.39 is 0 Å². The van der Waals surface area contributed by atoms with Gasteiger partial charge in [-0.3, -0.25) is 14.3 Å². The molecule has 377 valence electrons. The van der Waals surface area contributed by atoms with E-state index in [1.165, 1.54) is 83.6 Å². The third-order valence-corrected chi connectivity index (χ3v) is 13.9. The van der Waals surface area contributed by atoms with Gasteiger partial charge in [-0.1, -0.05) is 118 Å². The molecule has 3 heterocycles. The Bertz CT molecular complexity index is 3230. The summed E-state index contributed by atoms with van der Waals surface area (Å²) in [6.07, 6.45) is 11.6. The van der Waals surface area contributed by atoms with Crippen LogP contribution in [0.5, 0.6) is 0 Å². The zero-order valence-electron chi connectivity index (χ0n) is 44.6. The van der Waals surface area contributed by atoms with Crippen molar-refractivity contribution >= 4 is 0 Å². The summed E-state index contributed by atoms with van der Waals surface area (Å²) in [7, 11) is 0. The molecule has 7 heteroatoms. The maximum atomic E-state index is 4.66. The first-order valence-electron chi connectivity index (χ1n) is 25.8. The van der Waals surface area contributed by atoms with Crippen LogP contribution >= 0.6 is 0 Å². The quantitative estimate of drug-likeness (QED) is 0.102. The van der Waals surface area contributed by atoms with Crippen LogP contribution in [-0.2, 0) is 45.8 Å². The van der Waals surface area contributed by atoms with Gasteiger partial charge in [0.15, 0.2) is 0 Å². The normalized spacial score (nSPS) is 11.2. The van der Waals surface area contributed by atoms with Crippen LogP contribution in [0.1, 0.15) is 106 Å². The standard InChI is InChI=1S/C46H44N4.C21H23N2.Ir/c1-31-26-33(3)45(34(4)27-31)43-22-24-47-49(43)41-18-14-37(15-19-41)10-12-39-8-7-9-40(30-39)13-11-38-16-20-42(21-17-38)50-44(23-25-48-50)46-35(5)28-32(2)29-36(46)6;1-15(2)18-11-8-12-19(16(3)4)20(18)23-14-13-22-21(23)17-9-6-5-7-10-17;/h7-9,14-18,20,22-30H,10-13H2,1-6H3;5-9,11-16H,1-4H3;/q-2;-1;. The van der Waals surface area contributed by atoms with Crippen LogP contribution in [0.2, 0.25) is 0 Å². The predicted octanol–water partition coefficient (Wildman–Crippen LogP) is 16.0. The maximum absolute atomic E-state index is 4.66. The van der Waals surface area contributed by atoms with Crippen LogP contribution in [0.15, 0.2) is 164 Å². The Morgan fingerprint density at radius 2 is 0.946 bits per heavy atom. The smallest absolute Gasteiger partial charge is 0.0721 e. The van der Waals surface area contributed by atoms with E-state index in [4.69, 9.17) is 0 Å². The third kappa shape index (κ3) is 11.9. The molecule has 6 nitrogen and oxygen atoms in total. The first-order valence-corrected chi connectivity index (χ1v) is 25.8. The van der Waals surface area contributed by atoms with E-state index in [1.54, 1.807) is 0 Å². The van der Waals surface area contributed by atoms with Gasteiger partial charge in [-0.25, -0.2) is 0 Å². The van der Waals surface area contributed by atoms with Crippen LogP contribution in [0.4, 0.5) is 0 Å². The van der Waals surface area contributed by atoms with E-state index in [0.717, 1.165) is 59.8 Å². The minimum absolute atomic E-state index is 0. The summed E-state index contributed by atoms with van der Waals surface area (Å²) < 4.78 is 6.23. The maximum Gasteiger partial charge on any atom is 0.0721 e. The molecule has 3 aromatic heterocycles. The van der Waals surface area contributed by atoms with Crippen molar-refractivity contribution < 1.29 is 20.1 Å². The van der Waals surface area contributed by atoms with Gasteiger partial charge in [0.2, 0.25) is 0 Å². The average molecular weight is 1150 g/mol. The third-order valence-electron chi connectivity index (χ3n) is 13.9. The second-order valence-electron chi connectivity index (χ2n) is 20.3. The van der Waals surface area contributed by atoms with E-state index in [1.807, 2.05) is 46.2 Å². The van der Waals surface area contributed by atoms with E-state index >= 15 is 0 Å². The molecule has 0 N–H and O–H groups in total. The number of imidazole rings is 1. The van der Waals surface area contributed by atoms with Gasteiger partial charge >= 0.3 is 0 Å². The zero-order valence-corrected chi connectivity index (χ0v) is 47.0. The number of nitrogens with zero attached hydrogens (tertiary/aromatic N) is 6. The summed E-state index contributed by atoms with van der Waals surface area (Å²) in [6, 6.07) is 60.1. The van der Waals surface area contributed by atoms with Crippen molar-refractivity contribution in [2.24, 2.45) is 0 Å². The molecule has 0 atom stereocenters. The number of benzene rings is 7. The van der Waals surface area contributed by atoms with Gasteiger partial charge in [0.25, 0.3) is 0 Å². The van der Waals surface area contributed by atoms with Crippen molar-refractivity contribution in [3.05, 3.63) is 249 Å². The van der Waals surface area contributed by atoms with Gasteiger partial charge in [0.05, 0.1) is 17.2 Å². The molecule has 1 radical (unpaired) electrons. The van der Waals surface area contributed by atoms with Crippen molar-refractivity contribution in [2.45, 2.75) is 107 Å². The van der Waals surface area contributed by atoms with Gasteiger partial charge < -0.3 is 4.57 Å². The molecule has 0 amide bonds. The Morgan fingerprint density at radius 1 is 0.473 bits per heavy atom. The molecule has 10 aromatic rings. The molecule has 0 saturated heterocycles. The van der Waals surface area contributed by atoms with Gasteiger partial charge in [0, 0.05) is 61.7 Å². The number of hydrogen-bond acceptors (Lipinski definition) is 3. The number of aryl methyl sites for hydroxylation is 10. The number of hydrogen-bond donors (Lipinski definition) is 0. The average Bonchev–Trinajstić information content (AvgIpc) is 4.18. The van der Waals surface area contributed by atoms with Crippen LogP contribution in [-0.4, -0.2) is 29.1 Å². The summed E-state index contributed by atoms with van der Waals surface area (Å²) in [5.41, 5.74) is 24.5. The fourth-order valence-corrected chi connectivity index (χ4v) is 10.5. The molecule has 0 spiro atoms. The van der Waals surface area contributed by atoms with Crippen molar-refractivity contribution in [2.75, 3.05) is 0 Å². The fourth-order valence-electron chi connectivity index (χ4n) is 10.5. The topological polar surface area (TPSA) is 53.5 Å². The summed E-state index contributed by atoms with van der Waals surface area (Å²) >= 11 is 0. The molecule has 0 aliphatic heterocycles. The van der Waals surface area contributed by atoms with Crippen molar-refractivity contribution in [3.63, 3.8) is 0 Å². The largest absolute Gasteiger partial charge is 0.340 e. The molecular formula is C67H67IrN6-3. The molecule has 0 unspecified atom stereocenters. The molecule has 7 aromatic carbocycles. The monoisotopic (exact) mass is 1150 g/mol. The minimum atomic E-state index is 0. The van der Waals surface area contributed by atoms with E-state index in [2.05, 4.69) is 235 Å². The fraction of sp³-hybridized carbons (Fsp3) is 0.239. The van der Waals surface area contributed by atoms with Crippen LogP contribution in [0, 0.1) is 59.7 Å². The Labute approximate surface area is 453 Å². The van der Waals surface area contributed by atoms with Crippen molar-refractivity contribution in [3.8, 4) is 51.0 Å². The summed E-state index contributed by atoms with van der Waals surface area (Å²) in [5, 5.41) is 9.32. The Morgan fingerprint density at radius 3 is 1.38 bits per heavy atom. The van der Waals surface area contributed by atoms with E-state index in [-0.39, 0.29) is 20.1 Å². The van der Waals surface area contributed by atoms with Crippen LogP contribution in [0.25, 0.3) is 51.0 Å². The molecule has 0 aliphatic carbocycles. The molecule has 0 aliphatic rings. The van der Waals surface area contributed by atoms with E-state index in [0.29, 0.717) is 11.8 Å². The number of para-hydroxylation sites is 1. The van der Waals surface area contributed by atoms with Gasteiger partial charge in [0.1, 0.15) is 0 Å². The molecule has 74 heavy (non-hydrogen) atoms. The van der Waals surface area contributed by atoms with Crippen molar-refractivity contribution in [1.29, 1.82) is 0 Å². The van der Waals surface area contributed by atoms with Crippen molar-refractivity contribution in [1.82, 2.24) is 29.1 Å². The van der Waals surface area contributed by atoms with Gasteiger partial charge in [-0.05, 0) is 134 Å². The minimum Gasteiger partial charge on any atom is -0.340 e. The summed E-state index contributed by atoms with van der Waals surface area (Å²) in [6.45, 7) is 22.0. The molecule has 10 rings (SSSR count). The molecule has 0 fully saturated rings. The molecule has 0 bridgehead atoms. The second kappa shape index (κ2) is 23.8. The first kappa shape index (κ1) is 53.1. The predicted molar refractivity (Wildman–Crippen MR) is 301 cm³/mol. The van der Waals surface area contributed by atoms with Crippen LogP contribution in [0.3, 0.4) is 0 Å². The molecular weight excluding hydrogens is 1080 g/mol. The number of aromatic nitrogens is 6. The Hall–Kier alpha value is -7.18. The molecule has 0 saturated carbocycles. The SMILES string of the molecule is CC(C)c1cccc(C(C)C)c1-n1ccnc1-c1[c-]cccc1.Cc1cc(C)c(-c2ccnn2-c2[c-]cc(CCc3cccc(CCc4c[c-]c(-n5nccc5-c5c(C)cc(C)cc5C)cc4)c3)cc2)c(C)c1.[Ir]. The number of rotatable bonds is 14. The summed E-state index contributed by atoms with van der Waals surface area (Å²) in [4.78, 5) is 4.60. The van der Waals surface area contributed by atoms with Gasteiger partial charge in [-0.15, -0.1) is 48.0 Å². The Kier molecular flexibility index (Phi) is 17.1. The second-order valence-corrected chi connectivity index (χ2v) is 20.3. The van der Waals surface area contributed by atoms with E-state index in [9.17, 15) is 0 Å². The first-order chi connectivity index (χ1) is 35.3.